The minimum atomic E-state index is -4.55. The number of H-pyrrole nitrogens is 1. The zero-order valence-corrected chi connectivity index (χ0v) is 9.64. The number of rotatable bonds is 0. The van der Waals surface area contributed by atoms with Gasteiger partial charge in [-0.25, -0.2) is 4.98 Å². The quantitative estimate of drug-likeness (QED) is 0.759. The maximum atomic E-state index is 12.8. The molecule has 0 aromatic carbocycles. The van der Waals surface area contributed by atoms with Crippen molar-refractivity contribution in [1.29, 1.82) is 0 Å². The van der Waals surface area contributed by atoms with Gasteiger partial charge in [0.15, 0.2) is 0 Å². The van der Waals surface area contributed by atoms with E-state index < -0.39 is 17.4 Å². The number of hydrogen-bond acceptors (Lipinski definition) is 3. The van der Waals surface area contributed by atoms with Crippen molar-refractivity contribution in [3.63, 3.8) is 0 Å². The average molecular weight is 257 g/mol. The number of pyridine rings is 2. The highest BCUT2D eigenvalue weighted by Crippen LogP contribution is 2.33. The van der Waals surface area contributed by atoms with Crippen molar-refractivity contribution in [3.8, 4) is 0 Å². The molecule has 3 N–H and O–H groups in total. The van der Waals surface area contributed by atoms with E-state index in [1.54, 1.807) is 0 Å². The molecule has 0 saturated carbocycles. The van der Waals surface area contributed by atoms with Gasteiger partial charge in [0.2, 0.25) is 0 Å². The second kappa shape index (κ2) is 3.72. The number of hydrogen-bond donors (Lipinski definition) is 2. The lowest BCUT2D eigenvalue weighted by Crippen LogP contribution is -2.16. The van der Waals surface area contributed by atoms with Gasteiger partial charge in [-0.15, -0.1) is 0 Å². The fourth-order valence-corrected chi connectivity index (χ4v) is 1.76. The van der Waals surface area contributed by atoms with Crippen molar-refractivity contribution >= 4 is 16.7 Å². The highest BCUT2D eigenvalue weighted by molar-refractivity contribution is 5.82. The Bertz CT molecular complexity index is 688. The number of fused-ring (bicyclic) bond motifs is 1. The lowest BCUT2D eigenvalue weighted by atomic mass is 10.0. The van der Waals surface area contributed by atoms with Crippen molar-refractivity contribution in [3.05, 3.63) is 33.2 Å². The molecule has 4 nitrogen and oxygen atoms in total. The predicted octanol–water partition coefficient (Wildman–Crippen LogP) is 2.14. The van der Waals surface area contributed by atoms with Crippen LogP contribution in [-0.2, 0) is 6.18 Å². The van der Waals surface area contributed by atoms with Crippen LogP contribution >= 0.6 is 0 Å². The molecule has 2 heterocycles. The van der Waals surface area contributed by atoms with E-state index in [-0.39, 0.29) is 16.9 Å². The van der Waals surface area contributed by atoms with Gasteiger partial charge in [0.05, 0.1) is 5.69 Å². The first-order chi connectivity index (χ1) is 8.21. The Morgan fingerprint density at radius 3 is 2.44 bits per heavy atom. The Balaban J connectivity index is 2.93. The van der Waals surface area contributed by atoms with Crippen LogP contribution < -0.4 is 11.3 Å². The number of alkyl halides is 3. The number of aromatic nitrogens is 2. The maximum Gasteiger partial charge on any atom is 0.433 e. The molecule has 0 fully saturated rings. The monoisotopic (exact) mass is 257 g/mol. The molecule has 0 atom stereocenters. The molecule has 0 aliphatic heterocycles. The van der Waals surface area contributed by atoms with Crippen LogP contribution in [0.2, 0.25) is 0 Å². The molecule has 2 aromatic heterocycles. The van der Waals surface area contributed by atoms with Crippen LogP contribution in [0.3, 0.4) is 0 Å². The Labute approximate surface area is 99.6 Å². The predicted molar refractivity (Wildman–Crippen MR) is 61.3 cm³/mol. The van der Waals surface area contributed by atoms with E-state index in [4.69, 9.17) is 5.73 Å². The second-order valence-electron chi connectivity index (χ2n) is 4.02. The molecule has 7 heteroatoms. The number of halogens is 3. The number of nitrogens with one attached hydrogen (secondary N) is 1. The summed E-state index contributed by atoms with van der Waals surface area (Å²) < 4.78 is 38.3. The summed E-state index contributed by atoms with van der Waals surface area (Å²) in [6.45, 7) is 2.87. The van der Waals surface area contributed by atoms with Crippen molar-refractivity contribution in [2.75, 3.05) is 5.73 Å². The average Bonchev–Trinajstić information content (AvgIpc) is 2.25. The Hall–Kier alpha value is -2.05. The van der Waals surface area contributed by atoms with Crippen LogP contribution in [0.5, 0.6) is 0 Å². The second-order valence-corrected chi connectivity index (χ2v) is 4.02. The van der Waals surface area contributed by atoms with Crippen LogP contribution in [0.1, 0.15) is 16.8 Å². The third-order valence-corrected chi connectivity index (χ3v) is 2.86. The smallest absolute Gasteiger partial charge is 0.394 e. The van der Waals surface area contributed by atoms with E-state index in [1.165, 1.54) is 19.9 Å². The standard InChI is InChI=1S/C11H10F3N3O/c1-4-5(2)8(11(12,13)14)16-9-6(4)3-7(15)10(18)17-9/h3H,15H2,1-2H3,(H,16,17,18). The zero-order chi connectivity index (χ0) is 13.7. The minimum absolute atomic E-state index is 0.0291. The van der Waals surface area contributed by atoms with Crippen LogP contribution in [-0.4, -0.2) is 9.97 Å². The molecule has 18 heavy (non-hydrogen) atoms. The largest absolute Gasteiger partial charge is 0.433 e. The summed E-state index contributed by atoms with van der Waals surface area (Å²) in [5.41, 5.74) is 4.07. The van der Waals surface area contributed by atoms with Crippen LogP contribution in [0.25, 0.3) is 11.0 Å². The maximum absolute atomic E-state index is 12.8. The lowest BCUT2D eigenvalue weighted by molar-refractivity contribution is -0.141. The molecule has 96 valence electrons. The first-order valence-electron chi connectivity index (χ1n) is 5.08. The SMILES string of the molecule is Cc1c(C(F)(F)F)nc2[nH]c(=O)c(N)cc2c1C. The molecule has 0 bridgehead atoms. The number of nitrogens with zero attached hydrogens (tertiary/aromatic N) is 1. The van der Waals surface area contributed by atoms with E-state index in [0.29, 0.717) is 10.9 Å². The summed E-state index contributed by atoms with van der Waals surface area (Å²) in [7, 11) is 0. The summed E-state index contributed by atoms with van der Waals surface area (Å²) >= 11 is 0. The minimum Gasteiger partial charge on any atom is -0.394 e. The van der Waals surface area contributed by atoms with Gasteiger partial charge in [-0.2, -0.15) is 13.2 Å². The number of aryl methyl sites for hydroxylation is 1. The van der Waals surface area contributed by atoms with Crippen LogP contribution in [0.4, 0.5) is 18.9 Å². The van der Waals surface area contributed by atoms with Gasteiger partial charge in [0, 0.05) is 5.39 Å². The van der Waals surface area contributed by atoms with Gasteiger partial charge in [-0.3, -0.25) is 4.79 Å². The molecular formula is C11H10F3N3O. The van der Waals surface area contributed by atoms with Crippen molar-refractivity contribution < 1.29 is 13.2 Å². The molecule has 0 spiro atoms. The number of nitrogen functional groups attached to an aromatic ring is 1. The summed E-state index contributed by atoms with van der Waals surface area (Å²) in [6.07, 6.45) is -4.55. The van der Waals surface area contributed by atoms with Crippen molar-refractivity contribution in [2.24, 2.45) is 0 Å². The molecule has 0 aliphatic carbocycles. The Morgan fingerprint density at radius 1 is 1.28 bits per heavy atom. The molecule has 0 unspecified atom stereocenters. The normalized spacial score (nSPS) is 12.1. The third kappa shape index (κ3) is 1.81. The summed E-state index contributed by atoms with van der Waals surface area (Å²) in [6, 6.07) is 1.34. The fourth-order valence-electron chi connectivity index (χ4n) is 1.76. The van der Waals surface area contributed by atoms with E-state index in [1.807, 2.05) is 0 Å². The highest BCUT2D eigenvalue weighted by Gasteiger charge is 2.35. The number of nitrogens with two attached hydrogens (primary N) is 1. The van der Waals surface area contributed by atoms with Gasteiger partial charge >= 0.3 is 6.18 Å². The number of aromatic amines is 1. The van der Waals surface area contributed by atoms with E-state index in [0.717, 1.165) is 0 Å². The van der Waals surface area contributed by atoms with Crippen molar-refractivity contribution in [1.82, 2.24) is 9.97 Å². The molecule has 2 aromatic rings. The fraction of sp³-hybridized carbons (Fsp3) is 0.273. The molecule has 2 rings (SSSR count). The molecule has 0 amide bonds. The summed E-state index contributed by atoms with van der Waals surface area (Å²) in [5, 5.41) is 0.414. The van der Waals surface area contributed by atoms with Gasteiger partial charge < -0.3 is 10.7 Å². The summed E-state index contributed by atoms with van der Waals surface area (Å²) in [4.78, 5) is 17.0. The van der Waals surface area contributed by atoms with Crippen molar-refractivity contribution in [2.45, 2.75) is 20.0 Å². The van der Waals surface area contributed by atoms with Gasteiger partial charge in [-0.1, -0.05) is 0 Å². The Morgan fingerprint density at radius 2 is 1.89 bits per heavy atom. The van der Waals surface area contributed by atoms with Gasteiger partial charge in [-0.05, 0) is 31.0 Å². The number of anilines is 1. The molecule has 0 aliphatic rings. The zero-order valence-electron chi connectivity index (χ0n) is 9.64. The molecule has 0 radical (unpaired) electrons. The van der Waals surface area contributed by atoms with E-state index in [9.17, 15) is 18.0 Å². The van der Waals surface area contributed by atoms with Gasteiger partial charge in [0.1, 0.15) is 11.3 Å². The third-order valence-electron chi connectivity index (χ3n) is 2.86. The molecule has 0 saturated heterocycles. The van der Waals surface area contributed by atoms with E-state index in [2.05, 4.69) is 9.97 Å². The van der Waals surface area contributed by atoms with Crippen LogP contribution in [0.15, 0.2) is 10.9 Å². The van der Waals surface area contributed by atoms with Crippen LogP contribution in [0, 0.1) is 13.8 Å². The lowest BCUT2D eigenvalue weighted by Gasteiger charge is -2.13. The first-order valence-corrected chi connectivity index (χ1v) is 5.08. The highest BCUT2D eigenvalue weighted by atomic mass is 19.4. The first kappa shape index (κ1) is 12.4. The Kier molecular flexibility index (Phi) is 2.57. The van der Waals surface area contributed by atoms with E-state index >= 15 is 0 Å². The van der Waals surface area contributed by atoms with Gasteiger partial charge in [0.25, 0.3) is 5.56 Å². The molecular weight excluding hydrogens is 247 g/mol. The summed E-state index contributed by atoms with van der Waals surface area (Å²) in [5.74, 6) is 0. The topological polar surface area (TPSA) is 71.8 Å².